The second-order valence-electron chi connectivity index (χ2n) is 21.9. The van der Waals surface area contributed by atoms with Gasteiger partial charge in [-0.2, -0.15) is 0 Å². The molecule has 24 heteroatoms. The van der Waals surface area contributed by atoms with Gasteiger partial charge in [-0.3, -0.25) is 48.4 Å². The van der Waals surface area contributed by atoms with Crippen LogP contribution in [-0.2, 0) is 54.4 Å². The number of ketones is 2. The minimum Gasteiger partial charge on any atom is -0.549 e. The van der Waals surface area contributed by atoms with Gasteiger partial charge in [0.05, 0.1) is 30.5 Å². The highest BCUT2D eigenvalue weighted by atomic mass is 16.4. The molecule has 0 radical (unpaired) electrons. The molecule has 2 aliphatic heterocycles. The maximum atomic E-state index is 14.6. The summed E-state index contributed by atoms with van der Waals surface area (Å²) >= 11 is 0. The lowest BCUT2D eigenvalue weighted by atomic mass is 9.86. The number of carboxylic acids is 4. The summed E-state index contributed by atoms with van der Waals surface area (Å²) in [6, 6.07) is 4.42. The van der Waals surface area contributed by atoms with Crippen LogP contribution in [0.4, 0.5) is 0 Å². The molecule has 1 aromatic carbocycles. The van der Waals surface area contributed by atoms with E-state index in [2.05, 4.69) is 16.0 Å². The molecule has 0 saturated carbocycles. The smallest absolute Gasteiger partial charge is 0.326 e. The number of unbranched alkanes of at least 4 members (excludes halogenated alkanes) is 2. The van der Waals surface area contributed by atoms with Crippen molar-refractivity contribution in [3.8, 4) is 0 Å². The lowest BCUT2D eigenvalue weighted by molar-refractivity contribution is -0.308. The third kappa shape index (κ3) is 25.3. The molecular weight excluding hydrogens is 1040 g/mol. The number of aliphatic carboxylic acids is 4. The highest BCUT2D eigenvalue weighted by molar-refractivity contribution is 5.97. The van der Waals surface area contributed by atoms with Crippen molar-refractivity contribution in [2.45, 2.75) is 135 Å². The van der Waals surface area contributed by atoms with Crippen LogP contribution in [0.15, 0.2) is 30.3 Å². The topological polar surface area (TPSA) is 364 Å². The standard InChI is InChI=1S/C56H92N10O14/c1-5-39(4)51(61-53(76)42(30-38(2)3)32-43(67)34-62-22-24-63(35-48(69)70)26-28-65(37-50(73)74)29-27-64(25-23-62)36-49(71)72)47(68)33-41(16-9-11-19-57)52(75)59-44(17-10-12-20-58)55(78)66-21-13-18-46(66)54(77)60-45(56(79)80)31-40-14-7-6-8-15-40/h6-8,14-15,38-39,41-42,44-46,51H,5,9-13,16-37,57-58H2,1-4H3,(H,59,75)(H,60,77)(H,61,76)(H,69,70)(H,71,72)(H,73,74)(H,79,80)/p-3/t39-,41+,42+,44-,45-,46-,51-/m0/s1. The molecule has 2 saturated heterocycles. The van der Waals surface area contributed by atoms with Crippen molar-refractivity contribution < 1.29 is 68.4 Å². The first-order valence-corrected chi connectivity index (χ1v) is 28.5. The highest BCUT2D eigenvalue weighted by Gasteiger charge is 2.40. The Bertz CT molecular complexity index is 2140. The minimum absolute atomic E-state index is 0.0272. The molecule has 0 aliphatic carbocycles. The molecule has 1 aromatic rings. The van der Waals surface area contributed by atoms with Crippen LogP contribution >= 0.6 is 0 Å². The zero-order valence-electron chi connectivity index (χ0n) is 47.4. The molecule has 2 aliphatic rings. The van der Waals surface area contributed by atoms with Crippen LogP contribution in [0, 0.1) is 23.7 Å². The van der Waals surface area contributed by atoms with Crippen molar-refractivity contribution in [3.63, 3.8) is 0 Å². The van der Waals surface area contributed by atoms with Gasteiger partial charge < -0.3 is 67.1 Å². The average molecular weight is 1130 g/mol. The Hall–Kier alpha value is -5.92. The Morgan fingerprint density at radius 2 is 1.12 bits per heavy atom. The molecule has 8 N–H and O–H groups in total. The van der Waals surface area contributed by atoms with Crippen LogP contribution in [0.1, 0.15) is 110 Å². The first kappa shape index (κ1) is 68.4. The predicted octanol–water partition coefficient (Wildman–Crippen LogP) is -3.27. The molecule has 2 fully saturated rings. The summed E-state index contributed by atoms with van der Waals surface area (Å²) in [5.41, 5.74) is 12.4. The summed E-state index contributed by atoms with van der Waals surface area (Å²) in [6.07, 6.45) is 3.39. The van der Waals surface area contributed by atoms with Gasteiger partial charge >= 0.3 is 5.97 Å². The fourth-order valence-electron chi connectivity index (χ4n) is 10.3. The normalized spacial score (nSPS) is 18.6. The van der Waals surface area contributed by atoms with Crippen LogP contribution in [0.25, 0.3) is 0 Å². The lowest BCUT2D eigenvalue weighted by Crippen LogP contribution is -2.56. The molecule has 80 heavy (non-hydrogen) atoms. The van der Waals surface area contributed by atoms with E-state index in [4.69, 9.17) is 11.5 Å². The maximum Gasteiger partial charge on any atom is 0.326 e. The SMILES string of the molecule is CC[C@H](C)[C@H](NC(=O)[C@@H](CC(=O)CN1CCN(CC(=O)[O-])CCN(CC(=O)[O-])CCN(CC(=O)[O-])CC1)CC(C)C)C(=O)C[C@@H](CCCCN)C(=O)N[C@@H](CCCCN)C(=O)N1CCC[C@H]1C(=O)N[C@@H](Cc1ccccc1)C(=O)O. The van der Waals surface area contributed by atoms with Gasteiger partial charge in [0, 0.05) is 110 Å². The number of benzene rings is 1. The summed E-state index contributed by atoms with van der Waals surface area (Å²) in [4.78, 5) is 141. The molecule has 450 valence electrons. The van der Waals surface area contributed by atoms with Crippen molar-refractivity contribution in [1.29, 1.82) is 0 Å². The van der Waals surface area contributed by atoms with E-state index in [1.807, 2.05) is 20.8 Å². The van der Waals surface area contributed by atoms with Crippen LogP contribution in [0.3, 0.4) is 0 Å². The number of likely N-dealkylation sites (tertiary alicyclic amines) is 1. The zero-order valence-corrected chi connectivity index (χ0v) is 47.4. The Balaban J connectivity index is 1.83. The number of hydrogen-bond acceptors (Lipinski definition) is 19. The molecule has 0 bridgehead atoms. The number of carbonyl (C=O) groups is 10. The fraction of sp³-hybridized carbons (Fsp3) is 0.714. The summed E-state index contributed by atoms with van der Waals surface area (Å²) in [6.45, 7) is 7.83. The number of carboxylic acid groups (broad SMARTS) is 4. The number of rotatable bonds is 35. The number of nitrogens with zero attached hydrogens (tertiary/aromatic N) is 5. The van der Waals surface area contributed by atoms with Crippen LogP contribution in [0.2, 0.25) is 0 Å². The molecule has 4 amide bonds. The third-order valence-electron chi connectivity index (χ3n) is 15.0. The van der Waals surface area contributed by atoms with E-state index in [9.17, 15) is 68.4 Å². The van der Waals surface area contributed by atoms with Gasteiger partial charge in [0.25, 0.3) is 0 Å². The van der Waals surface area contributed by atoms with Crippen LogP contribution in [-0.4, -0.2) is 211 Å². The average Bonchev–Trinajstić information content (AvgIpc) is 3.94. The van der Waals surface area contributed by atoms with E-state index < -0.39 is 115 Å². The first-order valence-electron chi connectivity index (χ1n) is 28.5. The minimum atomic E-state index is -1.35. The maximum absolute atomic E-state index is 14.6. The van der Waals surface area contributed by atoms with Crippen molar-refractivity contribution in [2.24, 2.45) is 35.1 Å². The summed E-state index contributed by atoms with van der Waals surface area (Å²) in [7, 11) is 0. The molecule has 2 heterocycles. The van der Waals surface area contributed by atoms with Crippen molar-refractivity contribution in [3.05, 3.63) is 35.9 Å². The largest absolute Gasteiger partial charge is 0.549 e. The third-order valence-corrected chi connectivity index (χ3v) is 15.0. The summed E-state index contributed by atoms with van der Waals surface area (Å²) < 4.78 is 0. The van der Waals surface area contributed by atoms with Gasteiger partial charge in [0.2, 0.25) is 23.6 Å². The molecular formula is C56H89N10O14-3. The Labute approximate surface area is 471 Å². The Morgan fingerprint density at radius 1 is 0.625 bits per heavy atom. The van der Waals surface area contributed by atoms with Crippen molar-refractivity contribution >= 4 is 59.1 Å². The van der Waals surface area contributed by atoms with Gasteiger partial charge in [0.15, 0.2) is 5.78 Å². The number of carbonyl (C=O) groups excluding carboxylic acids is 9. The van der Waals surface area contributed by atoms with E-state index in [0.29, 0.717) is 57.2 Å². The van der Waals surface area contributed by atoms with Crippen molar-refractivity contribution in [1.82, 2.24) is 40.4 Å². The van der Waals surface area contributed by atoms with E-state index in [-0.39, 0.29) is 122 Å². The van der Waals surface area contributed by atoms with Gasteiger partial charge in [-0.25, -0.2) is 4.79 Å². The predicted molar refractivity (Wildman–Crippen MR) is 290 cm³/mol. The van der Waals surface area contributed by atoms with Gasteiger partial charge in [-0.05, 0) is 81.9 Å². The molecule has 0 unspecified atom stereocenters. The van der Waals surface area contributed by atoms with Crippen LogP contribution < -0.4 is 42.7 Å². The second kappa shape index (κ2) is 36.4. The van der Waals surface area contributed by atoms with E-state index in [1.54, 1.807) is 52.0 Å². The van der Waals surface area contributed by atoms with Gasteiger partial charge in [0.1, 0.15) is 23.9 Å². The van der Waals surface area contributed by atoms with Gasteiger partial charge in [-0.1, -0.05) is 70.9 Å². The molecule has 0 aromatic heterocycles. The zero-order chi connectivity index (χ0) is 59.3. The summed E-state index contributed by atoms with van der Waals surface area (Å²) in [5.74, 6) is -10.6. The van der Waals surface area contributed by atoms with Crippen molar-refractivity contribution in [2.75, 3.05) is 98.2 Å². The quantitative estimate of drug-likeness (QED) is 0.0363. The summed E-state index contributed by atoms with van der Waals surface area (Å²) in [5, 5.41) is 53.4. The fourth-order valence-corrected chi connectivity index (χ4v) is 10.3. The number of nitrogens with one attached hydrogen (secondary N) is 3. The van der Waals surface area contributed by atoms with Crippen LogP contribution in [0.5, 0.6) is 0 Å². The second-order valence-corrected chi connectivity index (χ2v) is 21.9. The number of nitrogens with two attached hydrogens (primary N) is 2. The van der Waals surface area contributed by atoms with E-state index >= 15 is 0 Å². The molecule has 0 spiro atoms. The number of hydrogen-bond donors (Lipinski definition) is 6. The number of amides is 4. The molecule has 24 nitrogen and oxygen atoms in total. The first-order chi connectivity index (χ1) is 38.0. The highest BCUT2D eigenvalue weighted by Crippen LogP contribution is 2.24. The lowest BCUT2D eigenvalue weighted by Gasteiger charge is -2.34. The monoisotopic (exact) mass is 1130 g/mol. The van der Waals surface area contributed by atoms with E-state index in [0.717, 1.165) is 0 Å². The number of Topliss-reactive ketones (excluding diaryl/α,β-unsaturated/α-hetero) is 2. The van der Waals surface area contributed by atoms with E-state index in [1.165, 1.54) is 9.80 Å². The molecule has 3 rings (SSSR count). The molecule has 7 atom stereocenters. The van der Waals surface area contributed by atoms with Gasteiger partial charge in [-0.15, -0.1) is 0 Å². The Morgan fingerprint density at radius 3 is 1.60 bits per heavy atom. The Kier molecular flexibility index (Phi) is 31.1.